The molecule has 2 aliphatic heterocycles. The zero-order chi connectivity index (χ0) is 26.0. The third kappa shape index (κ3) is 4.24. The molecule has 6 rings (SSSR count). The number of para-hydroxylation sites is 2. The van der Waals surface area contributed by atoms with Gasteiger partial charge in [-0.15, -0.1) is 0 Å². The number of fused-ring (bicyclic) bond motifs is 6. The molecule has 4 nitrogen and oxygen atoms in total. The molecule has 2 heterocycles. The molecule has 1 N–H and O–H groups in total. The van der Waals surface area contributed by atoms with Gasteiger partial charge in [-0.25, -0.2) is 4.79 Å². The van der Waals surface area contributed by atoms with Crippen molar-refractivity contribution in [2.45, 2.75) is 57.5 Å². The van der Waals surface area contributed by atoms with Gasteiger partial charge in [0.2, 0.25) is 0 Å². The molecular formula is C34H33NO3. The number of hydrogen-bond acceptors (Lipinski definition) is 4. The van der Waals surface area contributed by atoms with Gasteiger partial charge < -0.3 is 14.8 Å². The quantitative estimate of drug-likeness (QED) is 0.183. The van der Waals surface area contributed by atoms with Crippen molar-refractivity contribution in [2.24, 2.45) is 0 Å². The van der Waals surface area contributed by atoms with Crippen molar-refractivity contribution >= 4 is 17.3 Å². The molecule has 0 radical (unpaired) electrons. The molecule has 1 spiro atoms. The summed E-state index contributed by atoms with van der Waals surface area (Å²) in [5.41, 5.74) is 5.06. The Balaban J connectivity index is 1.29. The predicted octanol–water partition coefficient (Wildman–Crippen LogP) is 8.90. The molecule has 0 fully saturated rings. The van der Waals surface area contributed by atoms with Crippen LogP contribution >= 0.6 is 0 Å². The van der Waals surface area contributed by atoms with Crippen molar-refractivity contribution in [3.8, 4) is 11.5 Å². The van der Waals surface area contributed by atoms with Crippen LogP contribution < -0.4 is 10.1 Å². The number of aryl methyl sites for hydroxylation is 1. The van der Waals surface area contributed by atoms with Gasteiger partial charge in [0, 0.05) is 22.4 Å². The van der Waals surface area contributed by atoms with Gasteiger partial charge >= 0.3 is 5.97 Å². The first-order chi connectivity index (χ1) is 18.7. The molecule has 0 aromatic heterocycles. The Labute approximate surface area is 224 Å². The second-order valence-electron chi connectivity index (χ2n) is 10.2. The van der Waals surface area contributed by atoms with E-state index in [0.717, 1.165) is 34.5 Å². The molecule has 0 amide bonds. The fourth-order valence-corrected chi connectivity index (χ4v) is 5.79. The number of nitrogens with one attached hydrogen (secondary N) is 1. The number of benzene rings is 4. The zero-order valence-electron chi connectivity index (χ0n) is 21.8. The third-order valence-electron chi connectivity index (χ3n) is 7.70. The van der Waals surface area contributed by atoms with Crippen molar-refractivity contribution in [1.29, 1.82) is 0 Å². The lowest BCUT2D eigenvalue weighted by molar-refractivity contribution is 0.0225. The van der Waals surface area contributed by atoms with Gasteiger partial charge in [-0.3, -0.25) is 0 Å². The Morgan fingerprint density at radius 1 is 0.684 bits per heavy atom. The molecule has 4 heteroatoms. The van der Waals surface area contributed by atoms with Crippen LogP contribution in [0.5, 0.6) is 11.5 Å². The smallest absolute Gasteiger partial charge is 0.342 e. The van der Waals surface area contributed by atoms with E-state index in [4.69, 9.17) is 9.47 Å². The molecule has 0 aliphatic carbocycles. The first-order valence-electron chi connectivity index (χ1n) is 13.8. The number of anilines is 2. The maximum absolute atomic E-state index is 13.5. The summed E-state index contributed by atoms with van der Waals surface area (Å²) in [6.07, 6.45) is 8.90. The topological polar surface area (TPSA) is 47.6 Å². The average molecular weight is 504 g/mol. The van der Waals surface area contributed by atoms with Crippen molar-refractivity contribution in [3.63, 3.8) is 0 Å². The van der Waals surface area contributed by atoms with Crippen LogP contribution in [0.1, 0.15) is 78.1 Å². The highest BCUT2D eigenvalue weighted by atomic mass is 16.6. The van der Waals surface area contributed by atoms with Gasteiger partial charge in [-0.1, -0.05) is 99.7 Å². The lowest BCUT2D eigenvalue weighted by atomic mass is 9.77. The molecular weight excluding hydrogens is 470 g/mol. The van der Waals surface area contributed by atoms with Crippen LogP contribution in [0.4, 0.5) is 11.4 Å². The summed E-state index contributed by atoms with van der Waals surface area (Å²) in [6, 6.07) is 30.1. The summed E-state index contributed by atoms with van der Waals surface area (Å²) in [5, 5.41) is 3.49. The maximum Gasteiger partial charge on any atom is 0.342 e. The van der Waals surface area contributed by atoms with Crippen molar-refractivity contribution in [1.82, 2.24) is 0 Å². The van der Waals surface area contributed by atoms with E-state index in [1.165, 1.54) is 44.1 Å². The van der Waals surface area contributed by atoms with Crippen LogP contribution in [0.3, 0.4) is 0 Å². The van der Waals surface area contributed by atoms with Crippen molar-refractivity contribution < 1.29 is 14.3 Å². The minimum Gasteiger partial charge on any atom is -0.456 e. The summed E-state index contributed by atoms with van der Waals surface area (Å²) in [4.78, 5) is 13.5. The largest absolute Gasteiger partial charge is 0.456 e. The molecule has 38 heavy (non-hydrogen) atoms. The Morgan fingerprint density at radius 3 is 2.03 bits per heavy atom. The minimum absolute atomic E-state index is 0.339. The molecule has 192 valence electrons. The third-order valence-corrected chi connectivity index (χ3v) is 7.70. The van der Waals surface area contributed by atoms with E-state index in [9.17, 15) is 4.79 Å². The van der Waals surface area contributed by atoms with E-state index < -0.39 is 5.60 Å². The molecule has 0 unspecified atom stereocenters. The van der Waals surface area contributed by atoms with Crippen LogP contribution in [-0.2, 0) is 16.8 Å². The molecule has 0 bridgehead atoms. The van der Waals surface area contributed by atoms with Crippen LogP contribution in [0.2, 0.25) is 0 Å². The van der Waals surface area contributed by atoms with E-state index in [1.54, 1.807) is 0 Å². The number of hydrogen-bond donors (Lipinski definition) is 1. The second-order valence-corrected chi connectivity index (χ2v) is 10.2. The first kappa shape index (κ1) is 24.3. The minimum atomic E-state index is -1.05. The Bertz CT molecular complexity index is 1410. The SMILES string of the molecule is CCCCCCCCc1ccc(Nc2cccc3c2C(=O)OC32c3ccccc3Oc3ccccc32)cc1. The van der Waals surface area contributed by atoms with Gasteiger partial charge in [0.25, 0.3) is 0 Å². The number of carbonyl (C=O) groups excluding carboxylic acids is 1. The van der Waals surface area contributed by atoms with E-state index in [0.29, 0.717) is 17.1 Å². The fraction of sp³-hybridized carbons (Fsp3) is 0.265. The van der Waals surface area contributed by atoms with Gasteiger partial charge in [0.1, 0.15) is 11.5 Å². The Morgan fingerprint density at radius 2 is 1.32 bits per heavy atom. The molecule has 4 aromatic carbocycles. The highest BCUT2D eigenvalue weighted by Gasteiger charge is 2.54. The summed E-state index contributed by atoms with van der Waals surface area (Å²) >= 11 is 0. The van der Waals surface area contributed by atoms with Crippen LogP contribution in [0.25, 0.3) is 0 Å². The number of unbranched alkanes of at least 4 members (excludes halogenated alkanes) is 5. The highest BCUT2D eigenvalue weighted by Crippen LogP contribution is 2.56. The molecule has 0 atom stereocenters. The monoisotopic (exact) mass is 503 g/mol. The average Bonchev–Trinajstić information content (AvgIpc) is 3.25. The Kier molecular flexibility index (Phi) is 6.63. The van der Waals surface area contributed by atoms with Gasteiger partial charge in [0.15, 0.2) is 5.60 Å². The number of carbonyl (C=O) groups is 1. The van der Waals surface area contributed by atoms with Crippen LogP contribution in [0, 0.1) is 0 Å². The predicted molar refractivity (Wildman–Crippen MR) is 152 cm³/mol. The summed E-state index contributed by atoms with van der Waals surface area (Å²) in [5.74, 6) is 1.06. The van der Waals surface area contributed by atoms with Crippen LogP contribution in [-0.4, -0.2) is 5.97 Å². The molecule has 0 saturated carbocycles. The molecule has 0 saturated heterocycles. The summed E-state index contributed by atoms with van der Waals surface area (Å²) in [6.45, 7) is 2.25. The Hall–Kier alpha value is -4.05. The van der Waals surface area contributed by atoms with Gasteiger partial charge in [-0.2, -0.15) is 0 Å². The first-order valence-corrected chi connectivity index (χ1v) is 13.8. The summed E-state index contributed by atoms with van der Waals surface area (Å²) in [7, 11) is 0. The van der Waals surface area contributed by atoms with E-state index >= 15 is 0 Å². The highest BCUT2D eigenvalue weighted by molar-refractivity contribution is 6.03. The number of ether oxygens (including phenoxy) is 2. The molecule has 2 aliphatic rings. The van der Waals surface area contributed by atoms with E-state index in [-0.39, 0.29) is 5.97 Å². The zero-order valence-corrected chi connectivity index (χ0v) is 21.8. The van der Waals surface area contributed by atoms with Crippen molar-refractivity contribution in [2.75, 3.05) is 5.32 Å². The summed E-state index contributed by atoms with van der Waals surface area (Å²) < 4.78 is 12.5. The number of esters is 1. The van der Waals surface area contributed by atoms with Crippen molar-refractivity contribution in [3.05, 3.63) is 119 Å². The van der Waals surface area contributed by atoms with Gasteiger partial charge in [0.05, 0.1) is 11.3 Å². The maximum atomic E-state index is 13.5. The van der Waals surface area contributed by atoms with Crippen LogP contribution in [0.15, 0.2) is 91.0 Å². The normalized spacial score (nSPS) is 14.3. The lowest BCUT2D eigenvalue weighted by Gasteiger charge is -2.36. The number of rotatable bonds is 9. The lowest BCUT2D eigenvalue weighted by Crippen LogP contribution is -2.32. The van der Waals surface area contributed by atoms with Gasteiger partial charge in [-0.05, 0) is 48.7 Å². The van der Waals surface area contributed by atoms with E-state index in [1.807, 2.05) is 66.7 Å². The molecule has 4 aromatic rings. The standard InChI is InChI=1S/C34H33NO3/c1-2-3-4-5-6-7-13-24-20-22-25(23-21-24)35-29-17-12-16-28-32(29)33(36)38-34(28)26-14-8-10-18-30(26)37-31-19-11-9-15-27(31)34/h8-12,14-23,35H,2-7,13H2,1H3. The second kappa shape index (κ2) is 10.4. The fourth-order valence-electron chi connectivity index (χ4n) is 5.79. The van der Waals surface area contributed by atoms with E-state index in [2.05, 4.69) is 36.5 Å².